The van der Waals surface area contributed by atoms with Crippen molar-refractivity contribution in [2.45, 2.75) is 52.1 Å². The third-order valence-electron chi connectivity index (χ3n) is 3.40. The smallest absolute Gasteiger partial charge is 0.131 e. The highest BCUT2D eigenvalue weighted by Crippen LogP contribution is 2.31. The molecular formula is C14H24N4. The Kier molecular flexibility index (Phi) is 4.17. The van der Waals surface area contributed by atoms with Crippen molar-refractivity contribution in [3.05, 3.63) is 17.7 Å². The van der Waals surface area contributed by atoms with Crippen LogP contribution < -0.4 is 10.2 Å². The number of hydrogen-bond acceptors (Lipinski definition) is 4. The van der Waals surface area contributed by atoms with E-state index in [0.29, 0.717) is 12.0 Å². The molecule has 0 aromatic carbocycles. The summed E-state index contributed by atoms with van der Waals surface area (Å²) in [6.45, 7) is 8.18. The van der Waals surface area contributed by atoms with Crippen molar-refractivity contribution >= 4 is 5.69 Å². The van der Waals surface area contributed by atoms with Gasteiger partial charge in [0.1, 0.15) is 5.82 Å². The molecule has 2 rings (SSSR count). The molecule has 1 heterocycles. The maximum absolute atomic E-state index is 4.73. The van der Waals surface area contributed by atoms with Gasteiger partial charge >= 0.3 is 0 Å². The summed E-state index contributed by atoms with van der Waals surface area (Å²) in [5.41, 5.74) is 2.31. The number of hydrogen-bond donors (Lipinski definition) is 1. The van der Waals surface area contributed by atoms with Crippen molar-refractivity contribution in [3.63, 3.8) is 0 Å². The van der Waals surface area contributed by atoms with Gasteiger partial charge in [-0.15, -0.1) is 0 Å². The molecule has 1 N–H and O–H groups in total. The van der Waals surface area contributed by atoms with E-state index in [4.69, 9.17) is 4.98 Å². The first-order valence-corrected chi connectivity index (χ1v) is 6.92. The quantitative estimate of drug-likeness (QED) is 0.838. The Balaban J connectivity index is 2.25. The van der Waals surface area contributed by atoms with Crippen molar-refractivity contribution in [3.8, 4) is 0 Å². The Morgan fingerprint density at radius 2 is 2.17 bits per heavy atom. The molecule has 0 spiro atoms. The highest BCUT2D eigenvalue weighted by atomic mass is 15.2. The van der Waals surface area contributed by atoms with Gasteiger partial charge in [-0.1, -0.05) is 20.8 Å². The average molecular weight is 248 g/mol. The van der Waals surface area contributed by atoms with Gasteiger partial charge in [0.05, 0.1) is 17.6 Å². The molecule has 0 saturated heterocycles. The molecule has 0 atom stereocenters. The van der Waals surface area contributed by atoms with Crippen LogP contribution in [0.2, 0.25) is 0 Å². The molecule has 1 aromatic heterocycles. The zero-order valence-corrected chi connectivity index (χ0v) is 11.9. The Hall–Kier alpha value is -1.16. The fraction of sp³-hybridized carbons (Fsp3) is 0.714. The van der Waals surface area contributed by atoms with E-state index in [1.54, 1.807) is 0 Å². The number of nitrogens with one attached hydrogen (secondary N) is 1. The summed E-state index contributed by atoms with van der Waals surface area (Å²) in [6, 6.07) is 0.693. The van der Waals surface area contributed by atoms with Crippen LogP contribution in [0.25, 0.3) is 0 Å². The third kappa shape index (κ3) is 2.99. The molecule has 0 bridgehead atoms. The van der Waals surface area contributed by atoms with Crippen molar-refractivity contribution < 1.29 is 0 Å². The summed E-state index contributed by atoms with van der Waals surface area (Å²) in [7, 11) is 2.15. The van der Waals surface area contributed by atoms with E-state index in [9.17, 15) is 0 Å². The molecule has 0 radical (unpaired) electrons. The predicted octanol–water partition coefficient (Wildman–Crippen LogP) is 2.31. The fourth-order valence-electron chi connectivity index (χ4n) is 2.03. The SMILES string of the molecule is CCNCc1nc(C(C)C)ncc1N(C)C1CC1. The summed E-state index contributed by atoms with van der Waals surface area (Å²) in [5, 5.41) is 3.37. The Labute approximate surface area is 110 Å². The largest absolute Gasteiger partial charge is 0.369 e. The first-order valence-electron chi connectivity index (χ1n) is 6.92. The molecule has 0 aliphatic heterocycles. The zero-order valence-electron chi connectivity index (χ0n) is 11.9. The van der Waals surface area contributed by atoms with Crippen molar-refractivity contribution in [2.75, 3.05) is 18.5 Å². The molecule has 18 heavy (non-hydrogen) atoms. The van der Waals surface area contributed by atoms with Gasteiger partial charge in [-0.05, 0) is 19.4 Å². The molecule has 0 unspecified atom stereocenters. The van der Waals surface area contributed by atoms with Crippen LogP contribution in [0.5, 0.6) is 0 Å². The molecule has 1 aromatic rings. The van der Waals surface area contributed by atoms with Crippen LogP contribution in [0.4, 0.5) is 5.69 Å². The molecular weight excluding hydrogens is 224 g/mol. The van der Waals surface area contributed by atoms with E-state index in [1.807, 2.05) is 6.20 Å². The van der Waals surface area contributed by atoms with Crippen LogP contribution in [0.3, 0.4) is 0 Å². The van der Waals surface area contributed by atoms with E-state index < -0.39 is 0 Å². The summed E-state index contributed by atoms with van der Waals surface area (Å²) in [5.74, 6) is 1.32. The van der Waals surface area contributed by atoms with Gasteiger partial charge in [0, 0.05) is 25.6 Å². The van der Waals surface area contributed by atoms with E-state index in [-0.39, 0.29) is 0 Å². The predicted molar refractivity (Wildman–Crippen MR) is 74.9 cm³/mol. The number of rotatable bonds is 6. The monoisotopic (exact) mass is 248 g/mol. The average Bonchev–Trinajstić information content (AvgIpc) is 3.19. The molecule has 1 aliphatic carbocycles. The minimum atomic E-state index is 0.380. The van der Waals surface area contributed by atoms with Crippen LogP contribution in [0.15, 0.2) is 6.20 Å². The lowest BCUT2D eigenvalue weighted by molar-refractivity contribution is 0.682. The molecule has 4 heteroatoms. The first kappa shape index (κ1) is 13.3. The maximum atomic E-state index is 4.73. The summed E-state index contributed by atoms with van der Waals surface area (Å²) in [4.78, 5) is 11.6. The Morgan fingerprint density at radius 3 is 2.72 bits per heavy atom. The fourth-order valence-corrected chi connectivity index (χ4v) is 2.03. The second-order valence-electron chi connectivity index (χ2n) is 5.34. The van der Waals surface area contributed by atoms with E-state index in [1.165, 1.54) is 18.5 Å². The van der Waals surface area contributed by atoms with Crippen molar-refractivity contribution in [1.82, 2.24) is 15.3 Å². The summed E-state index contributed by atoms with van der Waals surface area (Å²) >= 11 is 0. The van der Waals surface area contributed by atoms with Crippen LogP contribution >= 0.6 is 0 Å². The topological polar surface area (TPSA) is 41.1 Å². The number of anilines is 1. The Bertz CT molecular complexity index is 399. The van der Waals surface area contributed by atoms with Gasteiger partial charge in [0.25, 0.3) is 0 Å². The zero-order chi connectivity index (χ0) is 13.1. The summed E-state index contributed by atoms with van der Waals surface area (Å²) < 4.78 is 0. The number of nitrogens with zero attached hydrogens (tertiary/aromatic N) is 3. The molecule has 4 nitrogen and oxygen atoms in total. The van der Waals surface area contributed by atoms with Gasteiger partial charge in [-0.25, -0.2) is 9.97 Å². The first-order chi connectivity index (χ1) is 8.63. The van der Waals surface area contributed by atoms with Crippen LogP contribution in [0.1, 0.15) is 51.0 Å². The van der Waals surface area contributed by atoms with Crippen LogP contribution in [-0.2, 0) is 6.54 Å². The van der Waals surface area contributed by atoms with E-state index in [0.717, 1.165) is 24.6 Å². The van der Waals surface area contributed by atoms with Gasteiger partial charge < -0.3 is 10.2 Å². The van der Waals surface area contributed by atoms with Crippen LogP contribution in [0, 0.1) is 0 Å². The lowest BCUT2D eigenvalue weighted by Gasteiger charge is -2.22. The molecule has 1 aliphatic rings. The van der Waals surface area contributed by atoms with Crippen molar-refractivity contribution in [2.24, 2.45) is 0 Å². The summed E-state index contributed by atoms with van der Waals surface area (Å²) in [6.07, 6.45) is 4.58. The van der Waals surface area contributed by atoms with E-state index >= 15 is 0 Å². The van der Waals surface area contributed by atoms with E-state index in [2.05, 4.69) is 43.0 Å². The molecule has 1 saturated carbocycles. The minimum Gasteiger partial charge on any atom is -0.369 e. The molecule has 0 amide bonds. The van der Waals surface area contributed by atoms with Gasteiger partial charge in [-0.3, -0.25) is 0 Å². The lowest BCUT2D eigenvalue weighted by Crippen LogP contribution is -2.24. The Morgan fingerprint density at radius 1 is 1.44 bits per heavy atom. The van der Waals surface area contributed by atoms with Gasteiger partial charge in [0.15, 0.2) is 0 Å². The van der Waals surface area contributed by atoms with Gasteiger partial charge in [0.2, 0.25) is 0 Å². The minimum absolute atomic E-state index is 0.380. The van der Waals surface area contributed by atoms with Crippen molar-refractivity contribution in [1.29, 1.82) is 0 Å². The normalized spacial score (nSPS) is 15.2. The lowest BCUT2D eigenvalue weighted by atomic mass is 10.2. The number of aromatic nitrogens is 2. The third-order valence-corrected chi connectivity index (χ3v) is 3.40. The second kappa shape index (κ2) is 5.65. The second-order valence-corrected chi connectivity index (χ2v) is 5.34. The maximum Gasteiger partial charge on any atom is 0.131 e. The standard InChI is InChI=1S/C14H24N4/c1-5-15-8-12-13(18(4)11-6-7-11)9-16-14(17-12)10(2)3/h9-11,15H,5-8H2,1-4H3. The molecule has 1 fully saturated rings. The van der Waals surface area contributed by atoms with Crippen LogP contribution in [-0.4, -0.2) is 29.6 Å². The highest BCUT2D eigenvalue weighted by Gasteiger charge is 2.28. The molecule has 100 valence electrons. The highest BCUT2D eigenvalue weighted by molar-refractivity contribution is 5.50. The van der Waals surface area contributed by atoms with Gasteiger partial charge in [-0.2, -0.15) is 0 Å².